The maximum absolute atomic E-state index is 10.9. The van der Waals surface area contributed by atoms with Gasteiger partial charge in [-0.2, -0.15) is 19.7 Å². The Morgan fingerprint density at radius 2 is 2.25 bits per heavy atom. The lowest BCUT2D eigenvalue weighted by Gasteiger charge is -2.06. The van der Waals surface area contributed by atoms with Crippen LogP contribution >= 0.6 is 0 Å². The normalized spacial score (nSPS) is 14.8. The highest BCUT2D eigenvalue weighted by Crippen LogP contribution is 2.39. The van der Waals surface area contributed by atoms with E-state index < -0.39 is 5.97 Å². The van der Waals surface area contributed by atoms with Gasteiger partial charge in [0.2, 0.25) is 0 Å². The van der Waals surface area contributed by atoms with E-state index in [1.54, 1.807) is 10.7 Å². The maximum atomic E-state index is 10.9. The van der Waals surface area contributed by atoms with Crippen molar-refractivity contribution in [1.29, 1.82) is 0 Å². The molecule has 8 heteroatoms. The van der Waals surface area contributed by atoms with Crippen LogP contribution in [-0.4, -0.2) is 40.4 Å². The first-order valence-corrected chi connectivity index (χ1v) is 6.22. The van der Waals surface area contributed by atoms with Crippen molar-refractivity contribution in [2.24, 2.45) is 0 Å². The smallest absolute Gasteiger partial charge is 0.356 e. The average molecular weight is 270 g/mol. The van der Waals surface area contributed by atoms with Crippen LogP contribution in [-0.2, 0) is 0 Å². The molecule has 0 atom stereocenters. The molecule has 0 spiro atoms. The van der Waals surface area contributed by atoms with Gasteiger partial charge in [0.25, 0.3) is 5.78 Å². The first-order valence-electron chi connectivity index (χ1n) is 6.22. The number of aromatic carboxylic acids is 1. The highest BCUT2D eigenvalue weighted by molar-refractivity contribution is 5.85. The molecule has 0 radical (unpaired) electrons. The van der Waals surface area contributed by atoms with Crippen molar-refractivity contribution < 1.29 is 9.90 Å². The van der Waals surface area contributed by atoms with Gasteiger partial charge in [0, 0.05) is 18.2 Å². The number of carboxylic acids is 1. The number of rotatable bonds is 3. The number of carboxylic acid groups (broad SMARTS) is 1. The lowest BCUT2D eigenvalue weighted by Crippen LogP contribution is -2.08. The summed E-state index contributed by atoms with van der Waals surface area (Å²) in [6, 6.07) is 3.33. The third-order valence-electron chi connectivity index (χ3n) is 3.29. The third kappa shape index (κ3) is 1.65. The fourth-order valence-corrected chi connectivity index (χ4v) is 2.13. The van der Waals surface area contributed by atoms with Crippen molar-refractivity contribution in [2.75, 3.05) is 0 Å². The second-order valence-corrected chi connectivity index (χ2v) is 4.74. The molecule has 20 heavy (non-hydrogen) atoms. The zero-order valence-corrected chi connectivity index (χ0v) is 10.3. The molecule has 100 valence electrons. The monoisotopic (exact) mass is 270 g/mol. The summed E-state index contributed by atoms with van der Waals surface area (Å²) in [6.07, 6.45) is 5.26. The molecule has 1 saturated carbocycles. The van der Waals surface area contributed by atoms with Crippen molar-refractivity contribution in [3.63, 3.8) is 0 Å². The maximum Gasteiger partial charge on any atom is 0.356 e. The van der Waals surface area contributed by atoms with Gasteiger partial charge in [-0.05, 0) is 18.9 Å². The topological polar surface area (TPSA) is 98.2 Å². The fourth-order valence-electron chi connectivity index (χ4n) is 2.13. The van der Waals surface area contributed by atoms with Crippen LogP contribution in [0.25, 0.3) is 11.6 Å². The van der Waals surface area contributed by atoms with Gasteiger partial charge in [0.15, 0.2) is 11.5 Å². The third-order valence-corrected chi connectivity index (χ3v) is 3.29. The van der Waals surface area contributed by atoms with Gasteiger partial charge in [-0.3, -0.25) is 0 Å². The molecule has 3 heterocycles. The Morgan fingerprint density at radius 3 is 2.95 bits per heavy atom. The van der Waals surface area contributed by atoms with Crippen molar-refractivity contribution >= 4 is 11.7 Å². The molecule has 3 aromatic heterocycles. The lowest BCUT2D eigenvalue weighted by molar-refractivity contribution is 0.0690. The Kier molecular flexibility index (Phi) is 2.14. The molecule has 0 bridgehead atoms. The minimum atomic E-state index is -1.06. The molecule has 1 fully saturated rings. The number of carbonyl (C=O) groups is 1. The van der Waals surface area contributed by atoms with Gasteiger partial charge in [-0.25, -0.2) is 14.5 Å². The van der Waals surface area contributed by atoms with E-state index in [1.807, 2.05) is 6.07 Å². The molecular formula is C12H10N6O2. The number of hydrogen-bond donors (Lipinski definition) is 1. The summed E-state index contributed by atoms with van der Waals surface area (Å²) in [5, 5.41) is 17.1. The minimum Gasteiger partial charge on any atom is -0.476 e. The average Bonchev–Trinajstić information content (AvgIpc) is 2.99. The van der Waals surface area contributed by atoms with Crippen molar-refractivity contribution in [2.45, 2.75) is 18.8 Å². The molecule has 0 aromatic carbocycles. The summed E-state index contributed by atoms with van der Waals surface area (Å²) >= 11 is 0. The van der Waals surface area contributed by atoms with E-state index >= 15 is 0 Å². The zero-order chi connectivity index (χ0) is 13.7. The van der Waals surface area contributed by atoms with Crippen LogP contribution in [0.4, 0.5) is 0 Å². The van der Waals surface area contributed by atoms with Crippen LogP contribution in [0.3, 0.4) is 0 Å². The number of aromatic nitrogens is 6. The van der Waals surface area contributed by atoms with Crippen LogP contribution in [0.5, 0.6) is 0 Å². The molecular weight excluding hydrogens is 260 g/mol. The van der Waals surface area contributed by atoms with Gasteiger partial charge in [0.1, 0.15) is 6.33 Å². The van der Waals surface area contributed by atoms with Crippen molar-refractivity contribution in [1.82, 2.24) is 29.4 Å². The Bertz CT molecular complexity index is 816. The van der Waals surface area contributed by atoms with Gasteiger partial charge < -0.3 is 5.11 Å². The predicted octanol–water partition coefficient (Wildman–Crippen LogP) is 0.886. The van der Waals surface area contributed by atoms with Crippen LogP contribution in [0.2, 0.25) is 0 Å². The number of fused-ring (bicyclic) bond motifs is 1. The summed E-state index contributed by atoms with van der Waals surface area (Å²) in [7, 11) is 0. The zero-order valence-electron chi connectivity index (χ0n) is 10.3. The largest absolute Gasteiger partial charge is 0.476 e. The van der Waals surface area contributed by atoms with E-state index in [0.717, 1.165) is 18.5 Å². The highest BCUT2D eigenvalue weighted by Gasteiger charge is 2.27. The molecule has 0 unspecified atom stereocenters. The fraction of sp³-hybridized carbons (Fsp3) is 0.250. The van der Waals surface area contributed by atoms with Gasteiger partial charge >= 0.3 is 5.97 Å². The molecule has 0 saturated heterocycles. The molecule has 3 aromatic rings. The van der Waals surface area contributed by atoms with Crippen LogP contribution in [0.1, 0.15) is 34.9 Å². The Labute approximate surface area is 112 Å². The number of nitrogens with zero attached hydrogens (tertiary/aromatic N) is 6. The van der Waals surface area contributed by atoms with Gasteiger partial charge in [0.05, 0.1) is 5.69 Å². The van der Waals surface area contributed by atoms with E-state index in [0.29, 0.717) is 17.5 Å². The SMILES string of the molecule is O=C(O)c1ccn(-c2cc(C3CC3)nc3ncnn23)n1. The second-order valence-electron chi connectivity index (χ2n) is 4.74. The van der Waals surface area contributed by atoms with E-state index in [2.05, 4.69) is 20.2 Å². The molecule has 0 amide bonds. The van der Waals surface area contributed by atoms with E-state index in [1.165, 1.54) is 17.1 Å². The van der Waals surface area contributed by atoms with Crippen molar-refractivity contribution in [3.8, 4) is 5.82 Å². The van der Waals surface area contributed by atoms with E-state index in [-0.39, 0.29) is 5.69 Å². The lowest BCUT2D eigenvalue weighted by atomic mass is 10.3. The summed E-state index contributed by atoms with van der Waals surface area (Å²) < 4.78 is 3.03. The first-order chi connectivity index (χ1) is 9.72. The van der Waals surface area contributed by atoms with Crippen LogP contribution < -0.4 is 0 Å². The Morgan fingerprint density at radius 1 is 1.40 bits per heavy atom. The molecule has 0 aliphatic heterocycles. The summed E-state index contributed by atoms with van der Waals surface area (Å²) in [5.41, 5.74) is 0.941. The molecule has 1 aliphatic carbocycles. The quantitative estimate of drug-likeness (QED) is 0.758. The summed E-state index contributed by atoms with van der Waals surface area (Å²) in [6.45, 7) is 0. The van der Waals surface area contributed by atoms with Crippen molar-refractivity contribution in [3.05, 3.63) is 36.0 Å². The first kappa shape index (κ1) is 11.1. The van der Waals surface area contributed by atoms with Gasteiger partial charge in [-0.15, -0.1) is 0 Å². The molecule has 1 aliphatic rings. The summed E-state index contributed by atoms with van der Waals surface area (Å²) in [4.78, 5) is 19.5. The van der Waals surface area contributed by atoms with E-state index in [4.69, 9.17) is 5.11 Å². The standard InChI is InChI=1S/C12H10N6O2/c19-11(20)8-3-4-17(16-8)10-5-9(7-1-2-7)15-12-13-6-14-18(10)12/h3-7H,1-2H2,(H,19,20). The Balaban J connectivity index is 1.91. The van der Waals surface area contributed by atoms with Crippen LogP contribution in [0.15, 0.2) is 24.7 Å². The highest BCUT2D eigenvalue weighted by atomic mass is 16.4. The van der Waals surface area contributed by atoms with Gasteiger partial charge in [-0.1, -0.05) is 0 Å². The van der Waals surface area contributed by atoms with E-state index in [9.17, 15) is 4.79 Å². The molecule has 4 rings (SSSR count). The second kappa shape index (κ2) is 3.86. The number of hydrogen-bond acceptors (Lipinski definition) is 5. The minimum absolute atomic E-state index is 0.0111. The van der Waals surface area contributed by atoms with Crippen LogP contribution in [0, 0.1) is 0 Å². The molecule has 1 N–H and O–H groups in total. The predicted molar refractivity (Wildman–Crippen MR) is 66.8 cm³/mol. The molecule has 8 nitrogen and oxygen atoms in total. The Hall–Kier alpha value is -2.77. The summed E-state index contributed by atoms with van der Waals surface area (Å²) in [5.74, 6) is 0.540.